The fourth-order valence-corrected chi connectivity index (χ4v) is 3.26. The van der Waals surface area contributed by atoms with Crippen molar-refractivity contribution in [2.24, 2.45) is 0 Å². The van der Waals surface area contributed by atoms with Gasteiger partial charge in [-0.15, -0.1) is 0 Å². The van der Waals surface area contributed by atoms with Gasteiger partial charge in [0.2, 0.25) is 0 Å². The van der Waals surface area contributed by atoms with Gasteiger partial charge in [-0.25, -0.2) is 9.97 Å². The molecule has 5 nitrogen and oxygen atoms in total. The average molecular weight is 268 g/mol. The smallest absolute Gasteiger partial charge is 0.153 e. The average Bonchev–Trinajstić information content (AvgIpc) is 2.79. The van der Waals surface area contributed by atoms with Crippen molar-refractivity contribution in [1.29, 1.82) is 0 Å². The summed E-state index contributed by atoms with van der Waals surface area (Å²) in [7, 11) is 0. The molecule has 2 aliphatic rings. The number of aromatic nitrogens is 2. The first-order valence-corrected chi connectivity index (χ1v) is 6.81. The summed E-state index contributed by atoms with van der Waals surface area (Å²) in [4.78, 5) is 13.1. The monoisotopic (exact) mass is 267 g/mol. The Balaban J connectivity index is 1.89. The number of fused-ring (bicyclic) bond motifs is 1. The predicted molar refractivity (Wildman–Crippen MR) is 72.9 cm³/mol. The highest BCUT2D eigenvalue weighted by Gasteiger charge is 2.35. The standard InChI is InChI=1S/C12H18ClN5/c1-8-5-17-4-2-3-9(17)6-18(8)12-10(13)11(14)15-7-16-12/h7-9H,2-6H2,1H3,(H2,14,15,16). The molecule has 2 aliphatic heterocycles. The van der Waals surface area contributed by atoms with E-state index in [0.29, 0.717) is 22.9 Å². The van der Waals surface area contributed by atoms with E-state index >= 15 is 0 Å². The third-order valence-corrected chi connectivity index (χ3v) is 4.37. The van der Waals surface area contributed by atoms with Gasteiger partial charge in [0.05, 0.1) is 0 Å². The van der Waals surface area contributed by atoms with E-state index < -0.39 is 0 Å². The van der Waals surface area contributed by atoms with E-state index in [2.05, 4.69) is 26.7 Å². The maximum atomic E-state index is 6.23. The zero-order valence-electron chi connectivity index (χ0n) is 10.5. The van der Waals surface area contributed by atoms with Gasteiger partial charge in [-0.2, -0.15) is 0 Å². The highest BCUT2D eigenvalue weighted by Crippen LogP contribution is 2.33. The molecule has 6 heteroatoms. The summed E-state index contributed by atoms with van der Waals surface area (Å²) in [6.07, 6.45) is 4.05. The molecule has 3 heterocycles. The van der Waals surface area contributed by atoms with Gasteiger partial charge >= 0.3 is 0 Å². The molecule has 2 fully saturated rings. The zero-order chi connectivity index (χ0) is 12.7. The Kier molecular flexibility index (Phi) is 3.03. The molecular formula is C12H18ClN5. The van der Waals surface area contributed by atoms with Gasteiger partial charge < -0.3 is 10.6 Å². The minimum Gasteiger partial charge on any atom is -0.382 e. The quantitative estimate of drug-likeness (QED) is 0.833. The van der Waals surface area contributed by atoms with Crippen LogP contribution in [-0.2, 0) is 0 Å². The lowest BCUT2D eigenvalue weighted by Crippen LogP contribution is -2.55. The molecule has 2 N–H and O–H groups in total. The molecule has 2 unspecified atom stereocenters. The number of hydrogen-bond acceptors (Lipinski definition) is 5. The molecule has 0 amide bonds. The van der Waals surface area contributed by atoms with Crippen molar-refractivity contribution in [2.75, 3.05) is 30.3 Å². The van der Waals surface area contributed by atoms with E-state index in [4.69, 9.17) is 17.3 Å². The molecule has 2 atom stereocenters. The summed E-state index contributed by atoms with van der Waals surface area (Å²) in [5.41, 5.74) is 5.76. The van der Waals surface area contributed by atoms with Gasteiger partial charge in [-0.3, -0.25) is 4.90 Å². The van der Waals surface area contributed by atoms with Crippen LogP contribution < -0.4 is 10.6 Å². The van der Waals surface area contributed by atoms with Gasteiger partial charge in [0.25, 0.3) is 0 Å². The largest absolute Gasteiger partial charge is 0.382 e. The molecule has 0 spiro atoms. The Morgan fingerprint density at radius 1 is 1.39 bits per heavy atom. The minimum absolute atomic E-state index is 0.364. The lowest BCUT2D eigenvalue weighted by Gasteiger charge is -2.43. The Bertz CT molecular complexity index is 452. The fourth-order valence-electron chi connectivity index (χ4n) is 3.06. The Morgan fingerprint density at radius 2 is 2.22 bits per heavy atom. The van der Waals surface area contributed by atoms with Gasteiger partial charge in [-0.05, 0) is 26.3 Å². The van der Waals surface area contributed by atoms with Crippen LogP contribution in [0.2, 0.25) is 5.02 Å². The maximum absolute atomic E-state index is 6.23. The van der Waals surface area contributed by atoms with Crippen molar-refractivity contribution in [3.05, 3.63) is 11.3 Å². The van der Waals surface area contributed by atoms with Crippen molar-refractivity contribution in [2.45, 2.75) is 31.8 Å². The number of halogens is 1. The van der Waals surface area contributed by atoms with E-state index in [0.717, 1.165) is 18.9 Å². The van der Waals surface area contributed by atoms with Crippen LogP contribution in [0.5, 0.6) is 0 Å². The number of nitrogens with zero attached hydrogens (tertiary/aromatic N) is 4. The van der Waals surface area contributed by atoms with E-state index in [-0.39, 0.29) is 0 Å². The SMILES string of the molecule is CC1CN2CCCC2CN1c1ncnc(N)c1Cl. The maximum Gasteiger partial charge on any atom is 0.153 e. The van der Waals surface area contributed by atoms with Gasteiger partial charge in [-0.1, -0.05) is 11.6 Å². The van der Waals surface area contributed by atoms with Gasteiger partial charge in [0.15, 0.2) is 5.82 Å². The number of nitrogens with two attached hydrogens (primary N) is 1. The third kappa shape index (κ3) is 1.91. The highest BCUT2D eigenvalue weighted by molar-refractivity contribution is 6.35. The molecule has 3 rings (SSSR count). The zero-order valence-corrected chi connectivity index (χ0v) is 11.3. The van der Waals surface area contributed by atoms with E-state index in [1.54, 1.807) is 0 Å². The van der Waals surface area contributed by atoms with E-state index in [1.165, 1.54) is 25.7 Å². The molecule has 0 radical (unpaired) electrons. The number of nitrogen functional groups attached to an aromatic ring is 1. The topological polar surface area (TPSA) is 58.3 Å². The number of anilines is 2. The van der Waals surface area contributed by atoms with Crippen molar-refractivity contribution in [3.63, 3.8) is 0 Å². The Hall–Kier alpha value is -1.07. The van der Waals surface area contributed by atoms with Crippen LogP contribution in [0, 0.1) is 0 Å². The number of hydrogen-bond donors (Lipinski definition) is 1. The highest BCUT2D eigenvalue weighted by atomic mass is 35.5. The van der Waals surface area contributed by atoms with Crippen LogP contribution in [0.1, 0.15) is 19.8 Å². The summed E-state index contributed by atoms with van der Waals surface area (Å²) < 4.78 is 0. The van der Waals surface area contributed by atoms with Gasteiger partial charge in [0.1, 0.15) is 17.2 Å². The lowest BCUT2D eigenvalue weighted by molar-refractivity contribution is 0.202. The molecule has 0 aliphatic carbocycles. The number of piperazine rings is 1. The molecule has 2 saturated heterocycles. The number of rotatable bonds is 1. The summed E-state index contributed by atoms with van der Waals surface area (Å²) in [5, 5.41) is 0.482. The van der Waals surface area contributed by atoms with Crippen LogP contribution in [0.15, 0.2) is 6.33 Å². The van der Waals surface area contributed by atoms with Crippen molar-refractivity contribution in [3.8, 4) is 0 Å². The molecule has 1 aromatic heterocycles. The van der Waals surface area contributed by atoms with Crippen LogP contribution in [0.4, 0.5) is 11.6 Å². The molecule has 1 aromatic rings. The van der Waals surface area contributed by atoms with Crippen LogP contribution in [0.3, 0.4) is 0 Å². The molecule has 0 saturated carbocycles. The summed E-state index contributed by atoms with van der Waals surface area (Å²) in [6.45, 7) is 5.49. The van der Waals surface area contributed by atoms with Crippen LogP contribution in [-0.4, -0.2) is 46.6 Å². The molecule has 98 valence electrons. The molecule has 18 heavy (non-hydrogen) atoms. The van der Waals surface area contributed by atoms with Gasteiger partial charge in [0, 0.05) is 25.2 Å². The molecule has 0 bridgehead atoms. The van der Waals surface area contributed by atoms with E-state index in [9.17, 15) is 0 Å². The fraction of sp³-hybridized carbons (Fsp3) is 0.667. The molecular weight excluding hydrogens is 250 g/mol. The van der Waals surface area contributed by atoms with Crippen LogP contribution >= 0.6 is 11.6 Å². The summed E-state index contributed by atoms with van der Waals surface area (Å²) in [6, 6.07) is 1.04. The first kappa shape index (κ1) is 12.0. The van der Waals surface area contributed by atoms with Crippen molar-refractivity contribution in [1.82, 2.24) is 14.9 Å². The third-order valence-electron chi connectivity index (χ3n) is 4.01. The second kappa shape index (κ2) is 4.55. The minimum atomic E-state index is 0.364. The second-order valence-corrected chi connectivity index (χ2v) is 5.57. The summed E-state index contributed by atoms with van der Waals surface area (Å²) >= 11 is 6.23. The summed E-state index contributed by atoms with van der Waals surface area (Å²) in [5.74, 6) is 1.14. The van der Waals surface area contributed by atoms with Crippen molar-refractivity contribution < 1.29 is 0 Å². The Morgan fingerprint density at radius 3 is 3.06 bits per heavy atom. The van der Waals surface area contributed by atoms with Crippen LogP contribution in [0.25, 0.3) is 0 Å². The lowest BCUT2D eigenvalue weighted by atomic mass is 10.1. The first-order chi connectivity index (χ1) is 8.66. The normalized spacial score (nSPS) is 28.4. The van der Waals surface area contributed by atoms with E-state index in [1.807, 2.05) is 0 Å². The molecule has 0 aromatic carbocycles. The van der Waals surface area contributed by atoms with Crippen molar-refractivity contribution >= 4 is 23.2 Å². The first-order valence-electron chi connectivity index (χ1n) is 6.43. The predicted octanol–water partition coefficient (Wildman–Crippen LogP) is 1.39. The second-order valence-electron chi connectivity index (χ2n) is 5.19. The Labute approximate surface area is 112 Å².